The SMILES string of the molecule is CC(C)(C)OB(OC(C)(C)C)OC(C)(C)C.[NaH]. The van der Waals surface area contributed by atoms with Gasteiger partial charge in [0.05, 0.1) is 0 Å². The summed E-state index contributed by atoms with van der Waals surface area (Å²) in [6.45, 7) is 17.9. The third-order valence-electron chi connectivity index (χ3n) is 1.35. The van der Waals surface area contributed by atoms with Crippen molar-refractivity contribution < 1.29 is 14.0 Å². The van der Waals surface area contributed by atoms with Crippen LogP contribution in [0.1, 0.15) is 62.3 Å². The van der Waals surface area contributed by atoms with Crippen molar-refractivity contribution in [2.45, 2.75) is 79.1 Å². The Labute approximate surface area is 129 Å². The maximum absolute atomic E-state index is 5.75. The van der Waals surface area contributed by atoms with Gasteiger partial charge in [0.1, 0.15) is 0 Å². The molecule has 5 heteroatoms. The topological polar surface area (TPSA) is 27.7 Å². The molecule has 0 aliphatic heterocycles. The molecule has 0 spiro atoms. The summed E-state index contributed by atoms with van der Waals surface area (Å²) in [7, 11) is -0.639. The van der Waals surface area contributed by atoms with Crippen LogP contribution in [0, 0.1) is 0 Å². The van der Waals surface area contributed by atoms with Gasteiger partial charge in [-0.3, -0.25) is 0 Å². The van der Waals surface area contributed by atoms with E-state index in [2.05, 4.69) is 0 Å². The monoisotopic (exact) mass is 254 g/mol. The van der Waals surface area contributed by atoms with Gasteiger partial charge in [0.25, 0.3) is 0 Å². The van der Waals surface area contributed by atoms with Crippen LogP contribution in [0.3, 0.4) is 0 Å². The standard InChI is InChI=1S/C12H27BO3.Na.H/c1-10(2,3)14-13(15-11(4,5)6)16-12(7,8)9;;/h1-9H3;;. The van der Waals surface area contributed by atoms with E-state index in [0.717, 1.165) is 0 Å². The molecule has 0 aromatic rings. The Balaban J connectivity index is 0. The second kappa shape index (κ2) is 6.92. The van der Waals surface area contributed by atoms with Gasteiger partial charge in [-0.2, -0.15) is 0 Å². The first-order valence-corrected chi connectivity index (χ1v) is 5.82. The molecule has 0 saturated carbocycles. The Morgan fingerprint density at radius 1 is 0.529 bits per heavy atom. The van der Waals surface area contributed by atoms with Crippen LogP contribution in [0.15, 0.2) is 0 Å². The predicted octanol–water partition coefficient (Wildman–Crippen LogP) is 2.77. The van der Waals surface area contributed by atoms with Gasteiger partial charge in [-0.1, -0.05) is 0 Å². The summed E-state index contributed by atoms with van der Waals surface area (Å²) in [6, 6.07) is 0. The van der Waals surface area contributed by atoms with Crippen molar-refractivity contribution in [2.24, 2.45) is 0 Å². The fraction of sp³-hybridized carbons (Fsp3) is 1.00. The molecule has 0 aliphatic rings. The van der Waals surface area contributed by atoms with E-state index in [9.17, 15) is 0 Å². The van der Waals surface area contributed by atoms with Crippen molar-refractivity contribution in [1.82, 2.24) is 0 Å². The first kappa shape index (κ1) is 20.3. The molecule has 0 fully saturated rings. The molecule has 0 heterocycles. The van der Waals surface area contributed by atoms with Crippen molar-refractivity contribution in [3.8, 4) is 0 Å². The van der Waals surface area contributed by atoms with Crippen LogP contribution in [0.25, 0.3) is 0 Å². The van der Waals surface area contributed by atoms with Crippen LogP contribution in [-0.2, 0) is 14.0 Å². The zero-order valence-electron chi connectivity index (χ0n) is 12.3. The average molecular weight is 254 g/mol. The fourth-order valence-corrected chi connectivity index (χ4v) is 0.938. The van der Waals surface area contributed by atoms with E-state index in [1.54, 1.807) is 0 Å². The first-order valence-electron chi connectivity index (χ1n) is 5.82. The van der Waals surface area contributed by atoms with E-state index >= 15 is 0 Å². The Morgan fingerprint density at radius 2 is 0.706 bits per heavy atom. The van der Waals surface area contributed by atoms with Crippen LogP contribution in [0.2, 0.25) is 0 Å². The van der Waals surface area contributed by atoms with Gasteiger partial charge in [-0.05, 0) is 62.3 Å². The third-order valence-corrected chi connectivity index (χ3v) is 1.35. The molecule has 0 aromatic carbocycles. The van der Waals surface area contributed by atoms with E-state index in [4.69, 9.17) is 14.0 Å². The van der Waals surface area contributed by atoms with Gasteiger partial charge >= 0.3 is 36.9 Å². The van der Waals surface area contributed by atoms with Crippen LogP contribution in [0.4, 0.5) is 0 Å². The molecule has 98 valence electrons. The molecule has 0 saturated heterocycles. The van der Waals surface area contributed by atoms with Crippen molar-refractivity contribution in [2.75, 3.05) is 0 Å². The minimum absolute atomic E-state index is 0. The second-order valence-corrected chi connectivity index (χ2v) is 6.98. The van der Waals surface area contributed by atoms with E-state index < -0.39 is 7.32 Å². The molecule has 0 rings (SSSR count). The van der Waals surface area contributed by atoms with Crippen LogP contribution >= 0.6 is 0 Å². The van der Waals surface area contributed by atoms with E-state index in [0.29, 0.717) is 0 Å². The molecule has 17 heavy (non-hydrogen) atoms. The summed E-state index contributed by atoms with van der Waals surface area (Å²) in [6.07, 6.45) is 0. The average Bonchev–Trinajstić information content (AvgIpc) is 1.70. The Morgan fingerprint density at radius 3 is 0.824 bits per heavy atom. The Bertz CT molecular complexity index is 175. The van der Waals surface area contributed by atoms with Crippen LogP contribution < -0.4 is 0 Å². The summed E-state index contributed by atoms with van der Waals surface area (Å²) in [5.74, 6) is 0. The van der Waals surface area contributed by atoms with Gasteiger partial charge in [0.2, 0.25) is 0 Å². The summed E-state index contributed by atoms with van der Waals surface area (Å²) >= 11 is 0. The van der Waals surface area contributed by atoms with E-state index in [-0.39, 0.29) is 46.4 Å². The molecule has 0 amide bonds. The number of hydrogen-bond donors (Lipinski definition) is 0. The predicted molar refractivity (Wildman–Crippen MR) is 75.4 cm³/mol. The van der Waals surface area contributed by atoms with Crippen LogP contribution in [0.5, 0.6) is 0 Å². The van der Waals surface area contributed by atoms with Gasteiger partial charge in [-0.25, -0.2) is 0 Å². The van der Waals surface area contributed by atoms with Crippen molar-refractivity contribution in [1.29, 1.82) is 0 Å². The molecule has 3 nitrogen and oxygen atoms in total. The molecule has 0 unspecified atom stereocenters. The summed E-state index contributed by atoms with van der Waals surface area (Å²) in [5, 5.41) is 0. The summed E-state index contributed by atoms with van der Waals surface area (Å²) in [4.78, 5) is 0. The summed E-state index contributed by atoms with van der Waals surface area (Å²) in [5.41, 5.74) is -0.872. The molecule has 0 aromatic heterocycles. The van der Waals surface area contributed by atoms with E-state index in [1.165, 1.54) is 0 Å². The Hall–Kier alpha value is 0.945. The van der Waals surface area contributed by atoms with Crippen LogP contribution in [-0.4, -0.2) is 53.7 Å². The van der Waals surface area contributed by atoms with E-state index in [1.807, 2.05) is 62.3 Å². The van der Waals surface area contributed by atoms with Crippen molar-refractivity contribution >= 4 is 36.9 Å². The molecule has 0 aliphatic carbocycles. The first-order chi connectivity index (χ1) is 6.79. The summed E-state index contributed by atoms with van der Waals surface area (Å²) < 4.78 is 17.2. The Kier molecular flexibility index (Phi) is 8.25. The number of hydrogen-bond acceptors (Lipinski definition) is 3. The number of rotatable bonds is 3. The molecular weight excluding hydrogens is 226 g/mol. The van der Waals surface area contributed by atoms with Gasteiger partial charge in [-0.15, -0.1) is 0 Å². The minimum atomic E-state index is -0.639. The third kappa shape index (κ3) is 14.9. The van der Waals surface area contributed by atoms with Crippen molar-refractivity contribution in [3.05, 3.63) is 0 Å². The zero-order valence-corrected chi connectivity index (χ0v) is 12.3. The molecule has 0 atom stereocenters. The van der Waals surface area contributed by atoms with Gasteiger partial charge in [0, 0.05) is 16.8 Å². The molecule has 0 N–H and O–H groups in total. The zero-order chi connectivity index (χ0) is 13.2. The normalized spacial score (nSPS) is 13.2. The van der Waals surface area contributed by atoms with Crippen molar-refractivity contribution in [3.63, 3.8) is 0 Å². The second-order valence-electron chi connectivity index (χ2n) is 6.98. The molecule has 0 radical (unpaired) electrons. The maximum atomic E-state index is 5.75. The molecule has 0 bridgehead atoms. The van der Waals surface area contributed by atoms with Gasteiger partial charge < -0.3 is 14.0 Å². The quantitative estimate of drug-likeness (QED) is 0.725. The fourth-order valence-electron chi connectivity index (χ4n) is 0.938. The van der Waals surface area contributed by atoms with Gasteiger partial charge in [0.15, 0.2) is 0 Å². The molecular formula is C12H28BNaO3.